The Morgan fingerprint density at radius 3 is 2.79 bits per heavy atom. The Hall–Kier alpha value is -1.91. The van der Waals surface area contributed by atoms with Crippen LogP contribution in [0.2, 0.25) is 10.0 Å². The zero-order chi connectivity index (χ0) is 13.4. The van der Waals surface area contributed by atoms with Crippen LogP contribution >= 0.6 is 23.2 Å². The van der Waals surface area contributed by atoms with Gasteiger partial charge < -0.3 is 4.57 Å². The molecule has 0 aliphatic rings. The molecule has 0 unspecified atom stereocenters. The average Bonchev–Trinajstić information content (AvgIpc) is 2.96. The third-order valence-electron chi connectivity index (χ3n) is 2.77. The van der Waals surface area contributed by atoms with Gasteiger partial charge in [0, 0.05) is 17.8 Å². The van der Waals surface area contributed by atoms with E-state index in [1.807, 2.05) is 6.07 Å². The predicted octanol–water partition coefficient (Wildman–Crippen LogP) is 3.54. The summed E-state index contributed by atoms with van der Waals surface area (Å²) in [6.07, 6.45) is 5.76. The molecule has 1 aromatic carbocycles. The van der Waals surface area contributed by atoms with Gasteiger partial charge in [-0.05, 0) is 18.2 Å². The number of carbonyl (C=O) groups excluding carboxylic acids is 1. The lowest BCUT2D eigenvalue weighted by Crippen LogP contribution is -1.98. The van der Waals surface area contributed by atoms with Gasteiger partial charge in [0.2, 0.25) is 0 Å². The molecular weight excluding hydrogens is 285 g/mol. The van der Waals surface area contributed by atoms with E-state index < -0.39 is 0 Å². The van der Waals surface area contributed by atoms with Crippen LogP contribution in [0.1, 0.15) is 10.5 Å². The Morgan fingerprint density at radius 2 is 2.11 bits per heavy atom. The van der Waals surface area contributed by atoms with Gasteiger partial charge in [-0.15, -0.1) is 0 Å². The summed E-state index contributed by atoms with van der Waals surface area (Å²) < 4.78 is 1.79. The summed E-state index contributed by atoms with van der Waals surface area (Å²) in [6.45, 7) is 0. The van der Waals surface area contributed by atoms with Gasteiger partial charge >= 0.3 is 0 Å². The summed E-state index contributed by atoms with van der Waals surface area (Å²) in [6, 6.07) is 5.20. The van der Waals surface area contributed by atoms with Crippen molar-refractivity contribution in [1.82, 2.24) is 14.5 Å². The molecule has 0 atom stereocenters. The van der Waals surface area contributed by atoms with Gasteiger partial charge in [0.15, 0.2) is 6.29 Å². The van der Waals surface area contributed by atoms with Crippen LogP contribution in [-0.4, -0.2) is 20.8 Å². The fourth-order valence-corrected chi connectivity index (χ4v) is 2.27. The van der Waals surface area contributed by atoms with Crippen molar-refractivity contribution < 1.29 is 4.79 Å². The largest absolute Gasteiger partial charge is 0.306 e. The Kier molecular flexibility index (Phi) is 2.97. The van der Waals surface area contributed by atoms with E-state index in [2.05, 4.69) is 9.97 Å². The number of hydrogen-bond acceptors (Lipinski definition) is 3. The smallest absolute Gasteiger partial charge is 0.168 e. The van der Waals surface area contributed by atoms with Crippen LogP contribution in [0.5, 0.6) is 0 Å². The van der Waals surface area contributed by atoms with Crippen molar-refractivity contribution in [3.63, 3.8) is 0 Å². The number of imidazole rings is 1. The molecule has 0 spiro atoms. The third-order valence-corrected chi connectivity index (χ3v) is 3.57. The first kappa shape index (κ1) is 12.1. The van der Waals surface area contributed by atoms with Crippen molar-refractivity contribution in [3.8, 4) is 5.69 Å². The molecule has 0 amide bonds. The lowest BCUT2D eigenvalue weighted by atomic mass is 10.1. The number of pyridine rings is 1. The van der Waals surface area contributed by atoms with Crippen molar-refractivity contribution in [2.45, 2.75) is 0 Å². The highest BCUT2D eigenvalue weighted by Gasteiger charge is 2.12. The van der Waals surface area contributed by atoms with E-state index in [1.54, 1.807) is 35.4 Å². The lowest BCUT2D eigenvalue weighted by molar-refractivity contribution is 0.111. The molecule has 0 fully saturated rings. The Bertz CT molecular complexity index is 769. The second-order valence-corrected chi connectivity index (χ2v) is 4.70. The molecule has 3 aromatic rings. The zero-order valence-corrected chi connectivity index (χ0v) is 11.1. The molecule has 0 saturated heterocycles. The normalized spacial score (nSPS) is 10.8. The molecule has 6 heteroatoms. The molecule has 2 aromatic heterocycles. The minimum absolute atomic E-state index is 0.292. The molecule has 4 nitrogen and oxygen atoms in total. The predicted molar refractivity (Wildman–Crippen MR) is 74.3 cm³/mol. The minimum atomic E-state index is 0.292. The number of halogens is 2. The zero-order valence-electron chi connectivity index (χ0n) is 9.55. The van der Waals surface area contributed by atoms with Gasteiger partial charge in [0.1, 0.15) is 5.69 Å². The van der Waals surface area contributed by atoms with Crippen LogP contribution in [0, 0.1) is 0 Å². The van der Waals surface area contributed by atoms with E-state index >= 15 is 0 Å². The SMILES string of the molecule is O=Cc1cc(-n2ccnc2)c2ccc(Cl)c(Cl)c2n1. The van der Waals surface area contributed by atoms with E-state index in [-0.39, 0.29) is 0 Å². The first-order valence-corrected chi connectivity index (χ1v) is 6.18. The average molecular weight is 292 g/mol. The van der Waals surface area contributed by atoms with Gasteiger partial charge in [-0.3, -0.25) is 4.79 Å². The number of rotatable bonds is 2. The van der Waals surface area contributed by atoms with E-state index in [9.17, 15) is 4.79 Å². The van der Waals surface area contributed by atoms with Gasteiger partial charge in [-0.2, -0.15) is 0 Å². The molecule has 19 heavy (non-hydrogen) atoms. The molecule has 0 saturated carbocycles. The van der Waals surface area contributed by atoms with Crippen molar-refractivity contribution in [3.05, 3.63) is 52.7 Å². The quantitative estimate of drug-likeness (QED) is 0.679. The summed E-state index contributed by atoms with van der Waals surface area (Å²) in [7, 11) is 0. The summed E-state index contributed by atoms with van der Waals surface area (Å²) in [4.78, 5) is 19.2. The van der Waals surface area contributed by atoms with E-state index in [4.69, 9.17) is 23.2 Å². The maximum absolute atomic E-state index is 11.0. The van der Waals surface area contributed by atoms with E-state index in [1.165, 1.54) is 0 Å². The number of fused-ring (bicyclic) bond motifs is 1. The molecule has 3 rings (SSSR count). The van der Waals surface area contributed by atoms with Crippen molar-refractivity contribution >= 4 is 40.4 Å². The monoisotopic (exact) mass is 291 g/mol. The molecule has 94 valence electrons. The Labute approximate surface area is 118 Å². The molecule has 0 N–H and O–H groups in total. The standard InChI is InChI=1S/C13H7Cl2N3O/c14-10-2-1-9-11(18-4-3-16-7-18)5-8(6-19)17-13(9)12(10)15/h1-7H. The highest BCUT2D eigenvalue weighted by molar-refractivity contribution is 6.45. The third kappa shape index (κ3) is 1.99. The fraction of sp³-hybridized carbons (Fsp3) is 0. The lowest BCUT2D eigenvalue weighted by Gasteiger charge is -2.09. The molecule has 0 aliphatic heterocycles. The fourth-order valence-electron chi connectivity index (χ4n) is 1.91. The summed E-state index contributed by atoms with van der Waals surface area (Å²) in [5.41, 5.74) is 1.58. The van der Waals surface area contributed by atoms with Crippen LogP contribution in [0.4, 0.5) is 0 Å². The maximum Gasteiger partial charge on any atom is 0.168 e. The molecule has 0 bridgehead atoms. The topological polar surface area (TPSA) is 47.8 Å². The summed E-state index contributed by atoms with van der Waals surface area (Å²) in [5.74, 6) is 0. The second-order valence-electron chi connectivity index (χ2n) is 3.91. The first-order valence-electron chi connectivity index (χ1n) is 5.43. The number of hydrogen-bond donors (Lipinski definition) is 0. The van der Waals surface area contributed by atoms with Gasteiger partial charge in [0.05, 0.1) is 27.6 Å². The highest BCUT2D eigenvalue weighted by Crippen LogP contribution is 2.32. The van der Waals surface area contributed by atoms with Crippen LogP contribution in [-0.2, 0) is 0 Å². The van der Waals surface area contributed by atoms with Gasteiger partial charge in [-0.1, -0.05) is 23.2 Å². The number of nitrogens with zero attached hydrogens (tertiary/aromatic N) is 3. The van der Waals surface area contributed by atoms with Crippen LogP contribution in [0.25, 0.3) is 16.6 Å². The van der Waals surface area contributed by atoms with Gasteiger partial charge in [-0.25, -0.2) is 9.97 Å². The minimum Gasteiger partial charge on any atom is -0.306 e. The van der Waals surface area contributed by atoms with Crippen LogP contribution < -0.4 is 0 Å². The van der Waals surface area contributed by atoms with Crippen molar-refractivity contribution in [2.24, 2.45) is 0 Å². The maximum atomic E-state index is 11.0. The number of benzene rings is 1. The Balaban J connectivity index is 2.44. The Morgan fingerprint density at radius 1 is 1.26 bits per heavy atom. The molecular formula is C13H7Cl2N3O. The number of aromatic nitrogens is 3. The van der Waals surface area contributed by atoms with Crippen molar-refractivity contribution in [1.29, 1.82) is 0 Å². The van der Waals surface area contributed by atoms with Crippen molar-refractivity contribution in [2.75, 3.05) is 0 Å². The van der Waals surface area contributed by atoms with Gasteiger partial charge in [0.25, 0.3) is 0 Å². The number of carbonyl (C=O) groups is 1. The first-order chi connectivity index (χ1) is 9.20. The molecule has 0 radical (unpaired) electrons. The highest BCUT2D eigenvalue weighted by atomic mass is 35.5. The van der Waals surface area contributed by atoms with Crippen LogP contribution in [0.15, 0.2) is 36.9 Å². The summed E-state index contributed by atoms with van der Waals surface area (Å²) in [5, 5.41) is 1.54. The van der Waals surface area contributed by atoms with Crippen LogP contribution in [0.3, 0.4) is 0 Å². The number of aldehydes is 1. The summed E-state index contributed by atoms with van der Waals surface area (Å²) >= 11 is 12.1. The molecule has 2 heterocycles. The molecule has 0 aliphatic carbocycles. The van der Waals surface area contributed by atoms with E-state index in [0.717, 1.165) is 11.1 Å². The van der Waals surface area contributed by atoms with E-state index in [0.29, 0.717) is 27.5 Å². The second kappa shape index (κ2) is 4.64.